The van der Waals surface area contributed by atoms with Gasteiger partial charge in [-0.1, -0.05) is 30.3 Å². The van der Waals surface area contributed by atoms with Crippen LogP contribution in [0.4, 0.5) is 5.82 Å². The molecule has 0 unspecified atom stereocenters. The number of nitrogens with zero attached hydrogens (tertiary/aromatic N) is 3. The molecule has 116 valence electrons. The Morgan fingerprint density at radius 3 is 2.87 bits per heavy atom. The Morgan fingerprint density at radius 2 is 2.09 bits per heavy atom. The van der Waals surface area contributed by atoms with Crippen LogP contribution in [0.25, 0.3) is 20.7 Å². The van der Waals surface area contributed by atoms with Crippen LogP contribution >= 0.6 is 11.3 Å². The largest absolute Gasteiger partial charge is 0.368 e. The number of nitrogens with two attached hydrogens (primary N) is 1. The number of fused-ring (bicyclic) bond motifs is 1. The van der Waals surface area contributed by atoms with Crippen molar-refractivity contribution in [2.75, 3.05) is 11.4 Å². The lowest BCUT2D eigenvalue weighted by Gasteiger charge is -2.23. The van der Waals surface area contributed by atoms with Gasteiger partial charge in [0.25, 0.3) is 0 Å². The van der Waals surface area contributed by atoms with Crippen LogP contribution in [0, 0.1) is 0 Å². The third-order valence-electron chi connectivity index (χ3n) is 4.22. The molecule has 1 fully saturated rings. The fraction of sp³-hybridized carbons (Fsp3) is 0.235. The number of amides is 1. The summed E-state index contributed by atoms with van der Waals surface area (Å²) in [6.07, 6.45) is 3.31. The molecule has 0 radical (unpaired) electrons. The van der Waals surface area contributed by atoms with Crippen LogP contribution in [-0.2, 0) is 4.79 Å². The van der Waals surface area contributed by atoms with Crippen molar-refractivity contribution in [3.05, 3.63) is 42.7 Å². The SMILES string of the molecule is NC(=O)[C@@H]1CCCN1c1ncnc2sc(-c3ccccc3)cc12. The van der Waals surface area contributed by atoms with Gasteiger partial charge in [-0.15, -0.1) is 11.3 Å². The van der Waals surface area contributed by atoms with Gasteiger partial charge in [0, 0.05) is 11.4 Å². The van der Waals surface area contributed by atoms with E-state index in [2.05, 4.69) is 28.2 Å². The van der Waals surface area contributed by atoms with Gasteiger partial charge in [0.15, 0.2) is 0 Å². The van der Waals surface area contributed by atoms with Crippen molar-refractivity contribution in [3.8, 4) is 10.4 Å². The summed E-state index contributed by atoms with van der Waals surface area (Å²) in [5, 5.41) is 0.990. The second-order valence-electron chi connectivity index (χ2n) is 5.65. The maximum atomic E-state index is 11.7. The van der Waals surface area contributed by atoms with Crippen molar-refractivity contribution in [1.82, 2.24) is 9.97 Å². The first-order valence-corrected chi connectivity index (χ1v) is 8.41. The van der Waals surface area contributed by atoms with E-state index >= 15 is 0 Å². The normalized spacial score (nSPS) is 17.7. The van der Waals surface area contributed by atoms with Crippen molar-refractivity contribution in [1.29, 1.82) is 0 Å². The maximum absolute atomic E-state index is 11.7. The Labute approximate surface area is 137 Å². The Kier molecular flexibility index (Phi) is 3.46. The number of carbonyl (C=O) groups excluding carboxylic acids is 1. The first kappa shape index (κ1) is 14.1. The van der Waals surface area contributed by atoms with Gasteiger partial charge < -0.3 is 10.6 Å². The Morgan fingerprint density at radius 1 is 1.26 bits per heavy atom. The highest BCUT2D eigenvalue weighted by Crippen LogP contribution is 2.37. The first-order valence-electron chi connectivity index (χ1n) is 7.60. The summed E-state index contributed by atoms with van der Waals surface area (Å²) < 4.78 is 0. The van der Waals surface area contributed by atoms with E-state index < -0.39 is 0 Å². The molecule has 0 spiro atoms. The van der Waals surface area contributed by atoms with E-state index in [1.807, 2.05) is 23.1 Å². The highest BCUT2D eigenvalue weighted by Gasteiger charge is 2.31. The zero-order chi connectivity index (χ0) is 15.8. The van der Waals surface area contributed by atoms with Crippen molar-refractivity contribution >= 4 is 33.3 Å². The number of benzene rings is 1. The van der Waals surface area contributed by atoms with Crippen molar-refractivity contribution in [2.45, 2.75) is 18.9 Å². The van der Waals surface area contributed by atoms with Gasteiger partial charge in [0.1, 0.15) is 23.0 Å². The number of rotatable bonds is 3. The number of carbonyl (C=O) groups is 1. The monoisotopic (exact) mass is 324 g/mol. The summed E-state index contributed by atoms with van der Waals surface area (Å²) in [5.41, 5.74) is 6.71. The molecule has 1 amide bonds. The number of aromatic nitrogens is 2. The van der Waals surface area contributed by atoms with Crippen LogP contribution in [0.1, 0.15) is 12.8 Å². The summed E-state index contributed by atoms with van der Waals surface area (Å²) in [7, 11) is 0. The molecule has 5 nitrogen and oxygen atoms in total. The van der Waals surface area contributed by atoms with Crippen molar-refractivity contribution in [2.24, 2.45) is 5.73 Å². The number of thiophene rings is 1. The van der Waals surface area contributed by atoms with E-state index in [-0.39, 0.29) is 11.9 Å². The van der Waals surface area contributed by atoms with Crippen LogP contribution in [0.3, 0.4) is 0 Å². The summed E-state index contributed by atoms with van der Waals surface area (Å²) in [6.45, 7) is 0.802. The van der Waals surface area contributed by atoms with Crippen LogP contribution in [0.15, 0.2) is 42.7 Å². The summed E-state index contributed by atoms with van der Waals surface area (Å²) in [5.74, 6) is 0.530. The van der Waals surface area contributed by atoms with Gasteiger partial charge in [0.2, 0.25) is 5.91 Å². The van der Waals surface area contributed by atoms with E-state index in [0.29, 0.717) is 0 Å². The van der Waals surface area contributed by atoms with Gasteiger partial charge in [0.05, 0.1) is 5.39 Å². The fourth-order valence-electron chi connectivity index (χ4n) is 3.13. The van der Waals surface area contributed by atoms with E-state index in [9.17, 15) is 4.79 Å². The van der Waals surface area contributed by atoms with Crippen molar-refractivity contribution < 1.29 is 4.79 Å². The number of hydrogen-bond acceptors (Lipinski definition) is 5. The minimum Gasteiger partial charge on any atom is -0.368 e. The smallest absolute Gasteiger partial charge is 0.240 e. The molecule has 0 saturated carbocycles. The lowest BCUT2D eigenvalue weighted by molar-refractivity contribution is -0.119. The maximum Gasteiger partial charge on any atom is 0.240 e. The van der Waals surface area contributed by atoms with Gasteiger partial charge in [-0.3, -0.25) is 4.79 Å². The van der Waals surface area contributed by atoms with Gasteiger partial charge in [-0.25, -0.2) is 9.97 Å². The molecule has 23 heavy (non-hydrogen) atoms. The lowest BCUT2D eigenvalue weighted by Crippen LogP contribution is -2.40. The van der Waals surface area contributed by atoms with Gasteiger partial charge >= 0.3 is 0 Å². The average molecular weight is 324 g/mol. The molecule has 1 aliphatic heterocycles. The van der Waals surface area contributed by atoms with E-state index in [1.165, 1.54) is 0 Å². The van der Waals surface area contributed by atoms with E-state index in [4.69, 9.17) is 5.73 Å². The van der Waals surface area contributed by atoms with Crippen LogP contribution in [0.5, 0.6) is 0 Å². The molecule has 6 heteroatoms. The zero-order valence-electron chi connectivity index (χ0n) is 12.5. The number of anilines is 1. The third kappa shape index (κ3) is 2.45. The molecule has 4 rings (SSSR count). The first-order chi connectivity index (χ1) is 11.2. The van der Waals surface area contributed by atoms with Crippen LogP contribution in [0.2, 0.25) is 0 Å². The lowest BCUT2D eigenvalue weighted by atomic mass is 10.1. The number of primary amides is 1. The number of hydrogen-bond donors (Lipinski definition) is 1. The second kappa shape index (κ2) is 5.62. The van der Waals surface area contributed by atoms with Crippen LogP contribution < -0.4 is 10.6 Å². The van der Waals surface area contributed by atoms with Gasteiger partial charge in [-0.2, -0.15) is 0 Å². The molecule has 3 aromatic rings. The minimum atomic E-state index is -0.284. The predicted octanol–water partition coefficient (Wildman–Crippen LogP) is 2.81. The molecular formula is C17H16N4OS. The minimum absolute atomic E-state index is 0.270. The molecular weight excluding hydrogens is 308 g/mol. The molecule has 0 aliphatic carbocycles. The average Bonchev–Trinajstić information content (AvgIpc) is 3.22. The molecule has 0 bridgehead atoms. The van der Waals surface area contributed by atoms with E-state index in [1.54, 1.807) is 17.7 Å². The third-order valence-corrected chi connectivity index (χ3v) is 5.31. The Hall–Kier alpha value is -2.47. The van der Waals surface area contributed by atoms with Gasteiger partial charge in [-0.05, 0) is 24.5 Å². The molecule has 1 aliphatic rings. The highest BCUT2D eigenvalue weighted by atomic mass is 32.1. The molecule has 1 atom stereocenters. The van der Waals surface area contributed by atoms with Crippen molar-refractivity contribution in [3.63, 3.8) is 0 Å². The van der Waals surface area contributed by atoms with E-state index in [0.717, 1.165) is 45.9 Å². The molecule has 1 saturated heterocycles. The molecule has 1 aromatic carbocycles. The van der Waals surface area contributed by atoms with Crippen LogP contribution in [-0.4, -0.2) is 28.5 Å². The zero-order valence-corrected chi connectivity index (χ0v) is 13.3. The quantitative estimate of drug-likeness (QED) is 0.804. The predicted molar refractivity (Wildman–Crippen MR) is 92.4 cm³/mol. The summed E-state index contributed by atoms with van der Waals surface area (Å²) in [6, 6.07) is 12.1. The molecule has 2 aromatic heterocycles. The topological polar surface area (TPSA) is 72.1 Å². The second-order valence-corrected chi connectivity index (χ2v) is 6.68. The Balaban J connectivity index is 1.82. The summed E-state index contributed by atoms with van der Waals surface area (Å²) in [4.78, 5) is 24.6. The molecule has 2 N–H and O–H groups in total. The standard InChI is InChI=1S/C17H16N4OS/c18-15(22)13-7-4-8-21(13)16-12-9-14(11-5-2-1-3-6-11)23-17(12)20-10-19-16/h1-3,5-6,9-10,13H,4,7-8H2,(H2,18,22)/t13-/m0/s1. The molecule has 3 heterocycles. The summed E-state index contributed by atoms with van der Waals surface area (Å²) >= 11 is 1.64. The highest BCUT2D eigenvalue weighted by molar-refractivity contribution is 7.21. The fourth-order valence-corrected chi connectivity index (χ4v) is 4.13. The Bertz CT molecular complexity index is 861.